The molecule has 0 aliphatic heterocycles. The lowest BCUT2D eigenvalue weighted by Gasteiger charge is -2.18. The molecule has 0 aliphatic carbocycles. The number of hydrogen-bond donors (Lipinski definition) is 2. The molecule has 25 heavy (non-hydrogen) atoms. The molecule has 0 saturated heterocycles. The van der Waals surface area contributed by atoms with Crippen LogP contribution in [0.4, 0.5) is 4.39 Å². The van der Waals surface area contributed by atoms with E-state index in [2.05, 4.69) is 20.6 Å². The fourth-order valence-corrected chi connectivity index (χ4v) is 2.06. The van der Waals surface area contributed by atoms with Crippen LogP contribution < -0.4 is 10.6 Å². The summed E-state index contributed by atoms with van der Waals surface area (Å²) in [6.07, 6.45) is 4.27. The zero-order chi connectivity index (χ0) is 18.1. The van der Waals surface area contributed by atoms with E-state index in [9.17, 15) is 18.8 Å². The predicted octanol–water partition coefficient (Wildman–Crippen LogP) is 0.472. The Labute approximate surface area is 143 Å². The van der Waals surface area contributed by atoms with Crippen LogP contribution >= 0.6 is 0 Å². The van der Waals surface area contributed by atoms with Crippen molar-refractivity contribution in [1.29, 1.82) is 0 Å². The normalized spacial score (nSPS) is 11.4. The van der Waals surface area contributed by atoms with E-state index in [1.165, 1.54) is 18.6 Å². The van der Waals surface area contributed by atoms with Crippen molar-refractivity contribution in [3.05, 3.63) is 60.2 Å². The van der Waals surface area contributed by atoms with Crippen LogP contribution in [-0.2, 0) is 16.0 Å². The molecule has 1 aromatic carbocycles. The molecule has 7 nitrogen and oxygen atoms in total. The summed E-state index contributed by atoms with van der Waals surface area (Å²) in [6.45, 7) is -1.59. The molecule has 0 bridgehead atoms. The van der Waals surface area contributed by atoms with Crippen LogP contribution in [0.5, 0.6) is 0 Å². The van der Waals surface area contributed by atoms with Crippen LogP contribution in [0.25, 0.3) is 0 Å². The summed E-state index contributed by atoms with van der Waals surface area (Å²) >= 11 is 0. The molecule has 2 aromatic rings. The summed E-state index contributed by atoms with van der Waals surface area (Å²) in [5, 5.41) is 4.90. The average Bonchev–Trinajstić information content (AvgIpc) is 2.66. The van der Waals surface area contributed by atoms with Crippen LogP contribution in [0.2, 0.25) is 0 Å². The first-order valence-electron chi connectivity index (χ1n) is 7.56. The number of alkyl halides is 1. The van der Waals surface area contributed by atoms with Gasteiger partial charge in [0.2, 0.25) is 5.91 Å². The number of halogens is 1. The van der Waals surface area contributed by atoms with Crippen molar-refractivity contribution in [2.75, 3.05) is 13.2 Å². The third-order valence-corrected chi connectivity index (χ3v) is 3.31. The van der Waals surface area contributed by atoms with Gasteiger partial charge in [0.25, 0.3) is 5.91 Å². The minimum Gasteiger partial charge on any atom is -0.347 e. The predicted molar refractivity (Wildman–Crippen MR) is 87.4 cm³/mol. The number of hydrogen-bond acceptors (Lipinski definition) is 5. The fraction of sp³-hybridized carbons (Fsp3) is 0.235. The van der Waals surface area contributed by atoms with Crippen LogP contribution in [0.1, 0.15) is 16.1 Å². The molecule has 0 unspecified atom stereocenters. The molecule has 0 aliphatic rings. The second-order valence-electron chi connectivity index (χ2n) is 5.20. The van der Waals surface area contributed by atoms with Gasteiger partial charge < -0.3 is 10.6 Å². The number of amides is 2. The van der Waals surface area contributed by atoms with Crippen molar-refractivity contribution in [2.24, 2.45) is 0 Å². The minimum atomic E-state index is -1.16. The number of aromatic nitrogens is 2. The summed E-state index contributed by atoms with van der Waals surface area (Å²) in [4.78, 5) is 43.2. The maximum atomic E-state index is 12.3. The summed E-state index contributed by atoms with van der Waals surface area (Å²) in [5.41, 5.74) is 0.882. The van der Waals surface area contributed by atoms with Gasteiger partial charge in [-0.05, 0) is 5.56 Å². The molecule has 1 aromatic heterocycles. The van der Waals surface area contributed by atoms with Crippen LogP contribution in [-0.4, -0.2) is 46.8 Å². The van der Waals surface area contributed by atoms with Crippen molar-refractivity contribution in [1.82, 2.24) is 20.6 Å². The molecule has 0 saturated carbocycles. The number of nitrogens with zero attached hydrogens (tertiary/aromatic N) is 2. The van der Waals surface area contributed by atoms with E-state index in [4.69, 9.17) is 0 Å². The molecular formula is C17H17FN4O3. The second kappa shape index (κ2) is 9.21. The maximum Gasteiger partial charge on any atom is 0.272 e. The second-order valence-corrected chi connectivity index (χ2v) is 5.20. The third-order valence-electron chi connectivity index (χ3n) is 3.31. The van der Waals surface area contributed by atoms with Crippen molar-refractivity contribution in [3.63, 3.8) is 0 Å². The molecule has 1 atom stereocenters. The van der Waals surface area contributed by atoms with Gasteiger partial charge in [0.05, 0.1) is 12.7 Å². The number of Topliss-reactive ketones (excluding diaryl/α,β-unsaturated/α-hetero) is 1. The van der Waals surface area contributed by atoms with Crippen molar-refractivity contribution in [3.8, 4) is 0 Å². The first-order valence-corrected chi connectivity index (χ1v) is 7.56. The van der Waals surface area contributed by atoms with Gasteiger partial charge in [0, 0.05) is 18.8 Å². The van der Waals surface area contributed by atoms with E-state index >= 15 is 0 Å². The van der Waals surface area contributed by atoms with Crippen molar-refractivity contribution in [2.45, 2.75) is 12.5 Å². The standard InChI is InChI=1S/C17H17FN4O3/c18-9-13(23)10-21-16(24)14(8-12-4-2-1-3-5-12)22-17(25)15-11-19-6-7-20-15/h1-7,11,14H,8-10H2,(H,21,24)(H,22,25)/t14-/m0/s1. The number of nitrogens with one attached hydrogen (secondary N) is 2. The van der Waals surface area contributed by atoms with E-state index in [1.807, 2.05) is 18.2 Å². The highest BCUT2D eigenvalue weighted by atomic mass is 19.1. The van der Waals surface area contributed by atoms with Gasteiger partial charge in [-0.15, -0.1) is 0 Å². The smallest absolute Gasteiger partial charge is 0.272 e. The highest BCUT2D eigenvalue weighted by molar-refractivity contribution is 5.96. The molecule has 1 heterocycles. The van der Waals surface area contributed by atoms with Gasteiger partial charge in [-0.3, -0.25) is 19.4 Å². The Morgan fingerprint density at radius 1 is 1.12 bits per heavy atom. The average molecular weight is 344 g/mol. The largest absolute Gasteiger partial charge is 0.347 e. The number of carbonyl (C=O) groups excluding carboxylic acids is 3. The number of rotatable bonds is 8. The first-order chi connectivity index (χ1) is 12.1. The Morgan fingerprint density at radius 2 is 1.88 bits per heavy atom. The molecule has 0 fully saturated rings. The van der Waals surface area contributed by atoms with Crippen LogP contribution in [0, 0.1) is 0 Å². The maximum absolute atomic E-state index is 12.3. The molecule has 8 heteroatoms. The van der Waals surface area contributed by atoms with Gasteiger partial charge in [-0.2, -0.15) is 0 Å². The lowest BCUT2D eigenvalue weighted by atomic mass is 10.0. The number of benzene rings is 1. The zero-order valence-corrected chi connectivity index (χ0v) is 13.3. The SMILES string of the molecule is O=C(CF)CNC(=O)[C@H](Cc1ccccc1)NC(=O)c1cnccn1. The summed E-state index contributed by atoms with van der Waals surface area (Å²) < 4.78 is 12.2. The van der Waals surface area contributed by atoms with Gasteiger partial charge in [-0.1, -0.05) is 30.3 Å². The lowest BCUT2D eigenvalue weighted by Crippen LogP contribution is -2.49. The monoisotopic (exact) mass is 344 g/mol. The molecule has 0 spiro atoms. The minimum absolute atomic E-state index is 0.0631. The molecular weight excluding hydrogens is 327 g/mol. The van der Waals surface area contributed by atoms with E-state index in [0.717, 1.165) is 5.56 Å². The van der Waals surface area contributed by atoms with Crippen molar-refractivity contribution < 1.29 is 18.8 Å². The Balaban J connectivity index is 2.09. The molecule has 2 rings (SSSR count). The topological polar surface area (TPSA) is 101 Å². The van der Waals surface area contributed by atoms with E-state index in [-0.39, 0.29) is 12.1 Å². The van der Waals surface area contributed by atoms with Gasteiger partial charge >= 0.3 is 0 Å². The first kappa shape index (κ1) is 18.2. The Hall–Kier alpha value is -3.16. The van der Waals surface area contributed by atoms with Crippen molar-refractivity contribution >= 4 is 17.6 Å². The molecule has 2 N–H and O–H groups in total. The fourth-order valence-electron chi connectivity index (χ4n) is 2.06. The number of carbonyl (C=O) groups is 3. The Bertz CT molecular complexity index is 725. The Morgan fingerprint density at radius 3 is 2.52 bits per heavy atom. The Kier molecular flexibility index (Phi) is 6.70. The van der Waals surface area contributed by atoms with Gasteiger partial charge in [0.1, 0.15) is 18.4 Å². The van der Waals surface area contributed by atoms with Crippen LogP contribution in [0.3, 0.4) is 0 Å². The summed E-state index contributed by atoms with van der Waals surface area (Å²) in [6, 6.07) is 8.12. The summed E-state index contributed by atoms with van der Waals surface area (Å²) in [7, 11) is 0. The van der Waals surface area contributed by atoms with E-state index in [1.54, 1.807) is 12.1 Å². The quantitative estimate of drug-likeness (QED) is 0.725. The zero-order valence-electron chi connectivity index (χ0n) is 13.3. The van der Waals surface area contributed by atoms with E-state index < -0.39 is 36.9 Å². The molecule has 130 valence electrons. The van der Waals surface area contributed by atoms with Gasteiger partial charge in [0.15, 0.2) is 5.78 Å². The third kappa shape index (κ3) is 5.76. The highest BCUT2D eigenvalue weighted by Gasteiger charge is 2.23. The van der Waals surface area contributed by atoms with E-state index in [0.29, 0.717) is 0 Å². The summed E-state index contributed by atoms with van der Waals surface area (Å²) in [5.74, 6) is -1.89. The molecule has 0 radical (unpaired) electrons. The number of ketones is 1. The van der Waals surface area contributed by atoms with Crippen LogP contribution in [0.15, 0.2) is 48.9 Å². The molecule has 2 amide bonds. The highest BCUT2D eigenvalue weighted by Crippen LogP contribution is 2.04. The lowest BCUT2D eigenvalue weighted by molar-refractivity contribution is -0.126. The van der Waals surface area contributed by atoms with Gasteiger partial charge in [-0.25, -0.2) is 9.37 Å².